The summed E-state index contributed by atoms with van der Waals surface area (Å²) in [7, 11) is 1.17. The highest BCUT2D eigenvalue weighted by molar-refractivity contribution is 6.25. The second-order valence-electron chi connectivity index (χ2n) is 6.64. The molecular formula is C18H23NO6. The van der Waals surface area contributed by atoms with E-state index in [-0.39, 0.29) is 18.8 Å². The smallest absolute Gasteiger partial charge is 0.317 e. The van der Waals surface area contributed by atoms with Crippen molar-refractivity contribution < 1.29 is 28.4 Å². The van der Waals surface area contributed by atoms with Crippen LogP contribution in [-0.4, -0.2) is 35.6 Å². The van der Waals surface area contributed by atoms with Crippen LogP contribution in [0.15, 0.2) is 10.6 Å². The molecule has 7 heteroatoms. The molecule has 136 valence electrons. The normalized spacial score (nSPS) is 23.8. The van der Waals surface area contributed by atoms with Crippen molar-refractivity contribution in [1.29, 1.82) is 0 Å². The van der Waals surface area contributed by atoms with Crippen LogP contribution in [0.2, 0.25) is 0 Å². The number of rotatable bonds is 6. The molecule has 0 aromatic carbocycles. The fourth-order valence-electron chi connectivity index (χ4n) is 3.14. The molecule has 0 N–H and O–H groups in total. The molecule has 3 unspecified atom stereocenters. The first kappa shape index (κ1) is 19.0. The SMILES string of the molecule is CCCC(=O)C1C(=O)CC(c2cc(C(C)C)no2)C(C(=O)OC)C1=O. The molecule has 3 atom stereocenters. The molecule has 1 saturated carbocycles. The van der Waals surface area contributed by atoms with Crippen LogP contribution in [0.25, 0.3) is 0 Å². The minimum atomic E-state index is -1.38. The van der Waals surface area contributed by atoms with Gasteiger partial charge in [-0.25, -0.2) is 0 Å². The highest BCUT2D eigenvalue weighted by Crippen LogP contribution is 2.39. The Morgan fingerprint density at radius 2 is 2.04 bits per heavy atom. The molecule has 1 fully saturated rings. The summed E-state index contributed by atoms with van der Waals surface area (Å²) >= 11 is 0. The minimum absolute atomic E-state index is 0.1000. The number of carbonyl (C=O) groups is 4. The van der Waals surface area contributed by atoms with E-state index >= 15 is 0 Å². The van der Waals surface area contributed by atoms with Gasteiger partial charge in [-0.05, 0) is 12.3 Å². The molecular weight excluding hydrogens is 326 g/mol. The van der Waals surface area contributed by atoms with E-state index in [1.807, 2.05) is 13.8 Å². The molecule has 0 amide bonds. The van der Waals surface area contributed by atoms with E-state index < -0.39 is 41.1 Å². The molecule has 1 heterocycles. The number of Topliss-reactive ketones (excluding diaryl/α,β-unsaturated/α-hetero) is 3. The third-order valence-corrected chi connectivity index (χ3v) is 4.51. The Morgan fingerprint density at radius 3 is 2.56 bits per heavy atom. The highest BCUT2D eigenvalue weighted by Gasteiger charge is 2.51. The van der Waals surface area contributed by atoms with Gasteiger partial charge in [0.2, 0.25) is 0 Å². The van der Waals surface area contributed by atoms with E-state index in [9.17, 15) is 19.2 Å². The predicted molar refractivity (Wildman–Crippen MR) is 86.9 cm³/mol. The van der Waals surface area contributed by atoms with Crippen LogP contribution in [-0.2, 0) is 23.9 Å². The molecule has 1 aliphatic carbocycles. The van der Waals surface area contributed by atoms with Gasteiger partial charge in [0.25, 0.3) is 0 Å². The summed E-state index contributed by atoms with van der Waals surface area (Å²) in [5.41, 5.74) is 0.669. The number of hydrogen-bond donors (Lipinski definition) is 0. The molecule has 0 radical (unpaired) electrons. The molecule has 0 aliphatic heterocycles. The molecule has 0 spiro atoms. The lowest BCUT2D eigenvalue weighted by Gasteiger charge is -2.30. The highest BCUT2D eigenvalue weighted by atomic mass is 16.5. The summed E-state index contributed by atoms with van der Waals surface area (Å²) in [6, 6.07) is 1.65. The van der Waals surface area contributed by atoms with Crippen molar-refractivity contribution in [1.82, 2.24) is 5.16 Å². The monoisotopic (exact) mass is 349 g/mol. The Labute approximate surface area is 146 Å². The third kappa shape index (κ3) is 3.70. The van der Waals surface area contributed by atoms with E-state index in [0.717, 1.165) is 0 Å². The van der Waals surface area contributed by atoms with Crippen LogP contribution < -0.4 is 0 Å². The number of esters is 1. The van der Waals surface area contributed by atoms with Gasteiger partial charge in [-0.15, -0.1) is 0 Å². The first-order chi connectivity index (χ1) is 11.8. The van der Waals surface area contributed by atoms with Crippen molar-refractivity contribution in [2.75, 3.05) is 7.11 Å². The van der Waals surface area contributed by atoms with Crippen LogP contribution in [0.5, 0.6) is 0 Å². The van der Waals surface area contributed by atoms with Gasteiger partial charge in [-0.1, -0.05) is 25.9 Å². The summed E-state index contributed by atoms with van der Waals surface area (Å²) in [6.45, 7) is 5.64. The van der Waals surface area contributed by atoms with E-state index in [2.05, 4.69) is 5.16 Å². The standard InChI is InChI=1S/C18H23NO6/c1-5-6-12(20)16-13(21)7-10(15(17(16)22)18(23)24-4)14-8-11(9(2)3)19-25-14/h8-10,15-16H,5-7H2,1-4H3. The lowest BCUT2D eigenvalue weighted by Crippen LogP contribution is -2.47. The molecule has 1 aromatic rings. The van der Waals surface area contributed by atoms with Crippen LogP contribution >= 0.6 is 0 Å². The quantitative estimate of drug-likeness (QED) is 0.573. The van der Waals surface area contributed by atoms with Crippen molar-refractivity contribution in [3.63, 3.8) is 0 Å². The molecule has 1 aromatic heterocycles. The lowest BCUT2D eigenvalue weighted by molar-refractivity contribution is -0.156. The number of methoxy groups -OCH3 is 1. The number of carbonyl (C=O) groups excluding carboxylic acids is 4. The maximum Gasteiger partial charge on any atom is 0.317 e. The minimum Gasteiger partial charge on any atom is -0.468 e. The molecule has 0 bridgehead atoms. The van der Waals surface area contributed by atoms with E-state index in [0.29, 0.717) is 17.9 Å². The number of ether oxygens (including phenoxy) is 1. The molecule has 7 nitrogen and oxygen atoms in total. The van der Waals surface area contributed by atoms with Crippen molar-refractivity contribution in [2.45, 2.75) is 51.9 Å². The first-order valence-electron chi connectivity index (χ1n) is 8.45. The molecule has 1 aliphatic rings. The number of nitrogens with zero attached hydrogens (tertiary/aromatic N) is 1. The lowest BCUT2D eigenvalue weighted by atomic mass is 9.69. The van der Waals surface area contributed by atoms with Gasteiger partial charge >= 0.3 is 5.97 Å². The van der Waals surface area contributed by atoms with Gasteiger partial charge in [0.05, 0.1) is 12.8 Å². The largest absolute Gasteiger partial charge is 0.468 e. The van der Waals surface area contributed by atoms with Gasteiger partial charge in [0.15, 0.2) is 17.3 Å². The van der Waals surface area contributed by atoms with E-state index in [4.69, 9.17) is 9.26 Å². The molecule has 2 rings (SSSR count). The number of ketones is 3. The van der Waals surface area contributed by atoms with Gasteiger partial charge in [-0.3, -0.25) is 19.2 Å². The predicted octanol–water partition coefficient (Wildman–Crippen LogP) is 2.20. The van der Waals surface area contributed by atoms with Crippen molar-refractivity contribution in [2.24, 2.45) is 11.8 Å². The van der Waals surface area contributed by atoms with E-state index in [1.165, 1.54) is 7.11 Å². The zero-order chi connectivity index (χ0) is 18.7. The second-order valence-corrected chi connectivity index (χ2v) is 6.64. The first-order valence-corrected chi connectivity index (χ1v) is 8.45. The fourth-order valence-corrected chi connectivity index (χ4v) is 3.14. The number of hydrogen-bond acceptors (Lipinski definition) is 7. The summed E-state index contributed by atoms with van der Waals surface area (Å²) in [5.74, 6) is -5.40. The van der Waals surface area contributed by atoms with E-state index in [1.54, 1.807) is 13.0 Å². The average Bonchev–Trinajstić information content (AvgIpc) is 3.04. The Bertz CT molecular complexity index is 689. The maximum atomic E-state index is 12.8. The fraction of sp³-hybridized carbons (Fsp3) is 0.611. The second kappa shape index (κ2) is 7.72. The van der Waals surface area contributed by atoms with Crippen LogP contribution in [0.1, 0.15) is 63.3 Å². The Hall–Kier alpha value is -2.31. The third-order valence-electron chi connectivity index (χ3n) is 4.51. The Morgan fingerprint density at radius 1 is 1.36 bits per heavy atom. The van der Waals surface area contributed by atoms with Crippen molar-refractivity contribution in [3.8, 4) is 0 Å². The van der Waals surface area contributed by atoms with Gasteiger partial charge in [0, 0.05) is 24.8 Å². The summed E-state index contributed by atoms with van der Waals surface area (Å²) < 4.78 is 10.0. The van der Waals surface area contributed by atoms with Gasteiger partial charge in [0.1, 0.15) is 17.6 Å². The van der Waals surface area contributed by atoms with Gasteiger partial charge in [-0.2, -0.15) is 0 Å². The Kier molecular flexibility index (Phi) is 5.87. The Balaban J connectivity index is 2.40. The zero-order valence-corrected chi connectivity index (χ0v) is 14.9. The summed E-state index contributed by atoms with van der Waals surface area (Å²) in [6.07, 6.45) is 0.529. The molecule has 25 heavy (non-hydrogen) atoms. The van der Waals surface area contributed by atoms with Gasteiger partial charge < -0.3 is 9.26 Å². The number of aromatic nitrogens is 1. The maximum absolute atomic E-state index is 12.8. The van der Waals surface area contributed by atoms with Crippen LogP contribution in [0.3, 0.4) is 0 Å². The topological polar surface area (TPSA) is 104 Å². The summed E-state index contributed by atoms with van der Waals surface area (Å²) in [5, 5.41) is 3.93. The average molecular weight is 349 g/mol. The van der Waals surface area contributed by atoms with Crippen LogP contribution in [0, 0.1) is 11.8 Å². The van der Waals surface area contributed by atoms with Crippen molar-refractivity contribution in [3.05, 3.63) is 17.5 Å². The van der Waals surface area contributed by atoms with Crippen molar-refractivity contribution >= 4 is 23.3 Å². The van der Waals surface area contributed by atoms with Crippen LogP contribution in [0.4, 0.5) is 0 Å². The summed E-state index contributed by atoms with van der Waals surface area (Å²) in [4.78, 5) is 49.6. The molecule has 0 saturated heterocycles. The zero-order valence-electron chi connectivity index (χ0n) is 14.9.